The summed E-state index contributed by atoms with van der Waals surface area (Å²) < 4.78 is 4.59. The Bertz CT molecular complexity index is 441. The minimum Gasteiger partial charge on any atom is -0.453 e. The molecule has 1 heterocycles. The predicted molar refractivity (Wildman–Crippen MR) is 70.5 cm³/mol. The van der Waals surface area contributed by atoms with Crippen molar-refractivity contribution in [2.24, 2.45) is 0 Å². The number of alkyl carbamates (subject to hydrolysis) is 1. The first kappa shape index (κ1) is 13.4. The number of rotatable bonds is 3. The standard InChI is InChI=1S/C14H18N2O3/c1-19-14(18)15-12(11-7-3-2-4-8-11)13(17)16-9-5-6-10-16/h2-4,7-8,12H,5-6,9-10H2,1H3,(H,15,18)/t12-/m1/s1. The van der Waals surface area contributed by atoms with E-state index in [0.717, 1.165) is 31.5 Å². The molecular formula is C14H18N2O3. The molecule has 19 heavy (non-hydrogen) atoms. The molecule has 2 rings (SSSR count). The number of hydrogen-bond donors (Lipinski definition) is 1. The second-order valence-electron chi connectivity index (χ2n) is 4.51. The Labute approximate surface area is 112 Å². The fraction of sp³-hybridized carbons (Fsp3) is 0.429. The van der Waals surface area contributed by atoms with Gasteiger partial charge < -0.3 is 15.0 Å². The molecule has 1 saturated heterocycles. The number of nitrogens with one attached hydrogen (secondary N) is 1. The van der Waals surface area contributed by atoms with E-state index in [2.05, 4.69) is 10.1 Å². The highest BCUT2D eigenvalue weighted by Crippen LogP contribution is 2.19. The van der Waals surface area contributed by atoms with Crippen molar-refractivity contribution in [1.29, 1.82) is 0 Å². The SMILES string of the molecule is COC(=O)N[C@@H](C(=O)N1CCCC1)c1ccccc1. The summed E-state index contributed by atoms with van der Waals surface area (Å²) in [6, 6.07) is 8.55. The van der Waals surface area contributed by atoms with Gasteiger partial charge >= 0.3 is 6.09 Å². The van der Waals surface area contributed by atoms with Gasteiger partial charge in [-0.05, 0) is 18.4 Å². The molecule has 0 spiro atoms. The molecule has 1 N–H and O–H groups in total. The first-order valence-corrected chi connectivity index (χ1v) is 6.40. The monoisotopic (exact) mass is 262 g/mol. The van der Waals surface area contributed by atoms with Crippen molar-refractivity contribution in [2.75, 3.05) is 20.2 Å². The average molecular weight is 262 g/mol. The minimum atomic E-state index is -0.674. The number of amides is 2. The summed E-state index contributed by atoms with van der Waals surface area (Å²) in [5.74, 6) is -0.0749. The molecular weight excluding hydrogens is 244 g/mol. The van der Waals surface area contributed by atoms with Crippen molar-refractivity contribution in [2.45, 2.75) is 18.9 Å². The lowest BCUT2D eigenvalue weighted by Gasteiger charge is -2.23. The van der Waals surface area contributed by atoms with Crippen molar-refractivity contribution < 1.29 is 14.3 Å². The van der Waals surface area contributed by atoms with Gasteiger partial charge in [0.15, 0.2) is 0 Å². The lowest BCUT2D eigenvalue weighted by atomic mass is 10.1. The molecule has 1 aliphatic heterocycles. The van der Waals surface area contributed by atoms with Gasteiger partial charge in [-0.25, -0.2) is 4.79 Å². The van der Waals surface area contributed by atoms with E-state index in [4.69, 9.17) is 0 Å². The molecule has 1 fully saturated rings. The van der Waals surface area contributed by atoms with Crippen molar-refractivity contribution in [1.82, 2.24) is 10.2 Å². The zero-order valence-corrected chi connectivity index (χ0v) is 11.0. The van der Waals surface area contributed by atoms with Gasteiger partial charge in [-0.15, -0.1) is 0 Å². The molecule has 0 aliphatic carbocycles. The number of benzene rings is 1. The van der Waals surface area contributed by atoms with Gasteiger partial charge in [0.2, 0.25) is 5.91 Å². The van der Waals surface area contributed by atoms with Crippen LogP contribution in [0.15, 0.2) is 30.3 Å². The average Bonchev–Trinajstić information content (AvgIpc) is 2.99. The fourth-order valence-corrected chi connectivity index (χ4v) is 2.23. The van der Waals surface area contributed by atoms with Crippen LogP contribution in [0.4, 0.5) is 4.79 Å². The zero-order valence-electron chi connectivity index (χ0n) is 11.0. The molecule has 1 aliphatic rings. The maximum atomic E-state index is 12.5. The van der Waals surface area contributed by atoms with Crippen molar-refractivity contribution in [3.63, 3.8) is 0 Å². The second-order valence-corrected chi connectivity index (χ2v) is 4.51. The van der Waals surface area contributed by atoms with Crippen molar-refractivity contribution in [3.8, 4) is 0 Å². The molecule has 1 aromatic rings. The van der Waals surface area contributed by atoms with Gasteiger partial charge in [-0.3, -0.25) is 4.79 Å². The summed E-state index contributed by atoms with van der Waals surface area (Å²) >= 11 is 0. The highest BCUT2D eigenvalue weighted by atomic mass is 16.5. The maximum absolute atomic E-state index is 12.5. The molecule has 0 unspecified atom stereocenters. The molecule has 0 aromatic heterocycles. The summed E-state index contributed by atoms with van der Waals surface area (Å²) in [6.45, 7) is 1.51. The first-order valence-electron chi connectivity index (χ1n) is 6.40. The molecule has 0 saturated carbocycles. The van der Waals surface area contributed by atoms with E-state index in [9.17, 15) is 9.59 Å². The fourth-order valence-electron chi connectivity index (χ4n) is 2.23. The Hall–Kier alpha value is -2.04. The lowest BCUT2D eigenvalue weighted by Crippen LogP contribution is -2.41. The van der Waals surface area contributed by atoms with Gasteiger partial charge in [0, 0.05) is 13.1 Å². The van der Waals surface area contributed by atoms with Gasteiger partial charge in [0.05, 0.1) is 7.11 Å². The number of carbonyl (C=O) groups excluding carboxylic acids is 2. The van der Waals surface area contributed by atoms with Crippen LogP contribution >= 0.6 is 0 Å². The predicted octanol–water partition coefficient (Wildman–Crippen LogP) is 1.71. The van der Waals surface area contributed by atoms with Crippen LogP contribution in [0.5, 0.6) is 0 Å². The van der Waals surface area contributed by atoms with Crippen LogP contribution in [0.2, 0.25) is 0 Å². The Balaban J connectivity index is 2.18. The van der Waals surface area contributed by atoms with Crippen LogP contribution in [-0.4, -0.2) is 37.1 Å². The molecule has 5 heteroatoms. The first-order chi connectivity index (χ1) is 9.22. The van der Waals surface area contributed by atoms with Crippen LogP contribution in [-0.2, 0) is 9.53 Å². The largest absolute Gasteiger partial charge is 0.453 e. The van der Waals surface area contributed by atoms with Crippen LogP contribution in [0.25, 0.3) is 0 Å². The molecule has 5 nitrogen and oxygen atoms in total. The summed E-state index contributed by atoms with van der Waals surface area (Å²) in [5, 5.41) is 2.61. The topological polar surface area (TPSA) is 58.6 Å². The van der Waals surface area contributed by atoms with Crippen molar-refractivity contribution in [3.05, 3.63) is 35.9 Å². The Morgan fingerprint density at radius 3 is 2.42 bits per heavy atom. The minimum absolute atomic E-state index is 0.0749. The molecule has 1 aromatic carbocycles. The molecule has 2 amide bonds. The second kappa shape index (κ2) is 6.22. The number of ether oxygens (including phenoxy) is 1. The summed E-state index contributed by atoms with van der Waals surface area (Å²) in [5.41, 5.74) is 0.768. The summed E-state index contributed by atoms with van der Waals surface area (Å²) in [7, 11) is 1.29. The number of methoxy groups -OCH3 is 1. The number of carbonyl (C=O) groups is 2. The zero-order chi connectivity index (χ0) is 13.7. The van der Waals surface area contributed by atoms with Crippen LogP contribution in [0.1, 0.15) is 24.4 Å². The molecule has 1 atom stereocenters. The van der Waals surface area contributed by atoms with E-state index in [1.54, 1.807) is 4.90 Å². The van der Waals surface area contributed by atoms with Gasteiger partial charge in [-0.1, -0.05) is 30.3 Å². The Morgan fingerprint density at radius 2 is 1.84 bits per heavy atom. The number of likely N-dealkylation sites (tertiary alicyclic amines) is 1. The highest BCUT2D eigenvalue weighted by molar-refractivity contribution is 5.87. The normalized spacial score (nSPS) is 15.9. The third-order valence-electron chi connectivity index (χ3n) is 3.25. The molecule has 0 bridgehead atoms. The van der Waals surface area contributed by atoms with E-state index in [0.29, 0.717) is 0 Å². The lowest BCUT2D eigenvalue weighted by molar-refractivity contribution is -0.132. The smallest absolute Gasteiger partial charge is 0.407 e. The highest BCUT2D eigenvalue weighted by Gasteiger charge is 2.29. The van der Waals surface area contributed by atoms with E-state index >= 15 is 0 Å². The van der Waals surface area contributed by atoms with Crippen LogP contribution in [0.3, 0.4) is 0 Å². The summed E-state index contributed by atoms with van der Waals surface area (Å²) in [4.78, 5) is 25.6. The quantitative estimate of drug-likeness (QED) is 0.902. The van der Waals surface area contributed by atoms with Crippen molar-refractivity contribution >= 4 is 12.0 Å². The number of nitrogens with zero attached hydrogens (tertiary/aromatic N) is 1. The van der Waals surface area contributed by atoms with Gasteiger partial charge in [0.25, 0.3) is 0 Å². The van der Waals surface area contributed by atoms with E-state index in [-0.39, 0.29) is 5.91 Å². The summed E-state index contributed by atoms with van der Waals surface area (Å²) in [6.07, 6.45) is 1.44. The van der Waals surface area contributed by atoms with E-state index in [1.807, 2.05) is 30.3 Å². The van der Waals surface area contributed by atoms with Gasteiger partial charge in [-0.2, -0.15) is 0 Å². The van der Waals surface area contributed by atoms with Crippen LogP contribution in [0, 0.1) is 0 Å². The molecule has 102 valence electrons. The Morgan fingerprint density at radius 1 is 1.21 bits per heavy atom. The third kappa shape index (κ3) is 3.24. The van der Waals surface area contributed by atoms with Gasteiger partial charge in [0.1, 0.15) is 6.04 Å². The van der Waals surface area contributed by atoms with Crippen LogP contribution < -0.4 is 5.32 Å². The Kier molecular flexibility index (Phi) is 4.39. The molecule has 0 radical (unpaired) electrons. The third-order valence-corrected chi connectivity index (χ3v) is 3.25. The maximum Gasteiger partial charge on any atom is 0.407 e. The number of hydrogen-bond acceptors (Lipinski definition) is 3. The van der Waals surface area contributed by atoms with E-state index < -0.39 is 12.1 Å². The van der Waals surface area contributed by atoms with E-state index in [1.165, 1.54) is 7.11 Å².